The zero-order valence-electron chi connectivity index (χ0n) is 8.98. The predicted octanol–water partition coefficient (Wildman–Crippen LogP) is 3.45. The van der Waals surface area contributed by atoms with Gasteiger partial charge in [0.1, 0.15) is 10.7 Å². The molecular weight excluding hydrogens is 286 g/mol. The Morgan fingerprint density at radius 2 is 2.25 bits per heavy atom. The van der Waals surface area contributed by atoms with Crippen LogP contribution in [0.25, 0.3) is 10.7 Å². The Hall–Kier alpha value is -0.810. The van der Waals surface area contributed by atoms with Gasteiger partial charge in [-0.15, -0.1) is 11.3 Å². The van der Waals surface area contributed by atoms with Crippen LogP contribution in [0, 0.1) is 0 Å². The van der Waals surface area contributed by atoms with Gasteiger partial charge in [0.15, 0.2) is 0 Å². The van der Waals surface area contributed by atoms with Gasteiger partial charge in [-0.25, -0.2) is 4.98 Å². The van der Waals surface area contributed by atoms with Crippen molar-refractivity contribution in [1.29, 1.82) is 0 Å². The summed E-state index contributed by atoms with van der Waals surface area (Å²) in [5.74, 6) is 0. The molecule has 0 aliphatic carbocycles. The normalized spacial score (nSPS) is 10.6. The molecule has 0 fully saturated rings. The van der Waals surface area contributed by atoms with Crippen molar-refractivity contribution in [3.8, 4) is 10.7 Å². The van der Waals surface area contributed by atoms with Gasteiger partial charge in [-0.05, 0) is 6.42 Å². The quantitative estimate of drug-likeness (QED) is 0.812. The lowest BCUT2D eigenvalue weighted by molar-refractivity contribution is 0.884. The SMILES string of the molecule is CCCc1nc(-c2cnccn2)sc1CBr. The second kappa shape index (κ2) is 5.50. The summed E-state index contributed by atoms with van der Waals surface area (Å²) in [4.78, 5) is 14.3. The predicted molar refractivity (Wildman–Crippen MR) is 69.8 cm³/mol. The van der Waals surface area contributed by atoms with E-state index in [2.05, 4.69) is 37.8 Å². The van der Waals surface area contributed by atoms with Crippen LogP contribution in [0.5, 0.6) is 0 Å². The molecule has 0 bridgehead atoms. The fraction of sp³-hybridized carbons (Fsp3) is 0.364. The lowest BCUT2D eigenvalue weighted by Crippen LogP contribution is -1.88. The van der Waals surface area contributed by atoms with Crippen molar-refractivity contribution in [1.82, 2.24) is 15.0 Å². The molecule has 3 nitrogen and oxygen atoms in total. The first-order valence-electron chi connectivity index (χ1n) is 5.16. The highest BCUT2D eigenvalue weighted by molar-refractivity contribution is 9.08. The largest absolute Gasteiger partial charge is 0.261 e. The number of thiazole rings is 1. The molecule has 5 heteroatoms. The van der Waals surface area contributed by atoms with Crippen LogP contribution in [0.2, 0.25) is 0 Å². The highest BCUT2D eigenvalue weighted by Gasteiger charge is 2.11. The van der Waals surface area contributed by atoms with E-state index >= 15 is 0 Å². The molecule has 2 heterocycles. The van der Waals surface area contributed by atoms with Gasteiger partial charge < -0.3 is 0 Å². The second-order valence-electron chi connectivity index (χ2n) is 3.36. The Kier molecular flexibility index (Phi) is 4.01. The molecule has 0 atom stereocenters. The highest BCUT2D eigenvalue weighted by Crippen LogP contribution is 2.28. The van der Waals surface area contributed by atoms with E-state index in [1.807, 2.05) is 0 Å². The molecule has 0 spiro atoms. The van der Waals surface area contributed by atoms with Crippen molar-refractivity contribution >= 4 is 27.3 Å². The number of alkyl halides is 1. The van der Waals surface area contributed by atoms with E-state index in [0.29, 0.717) is 0 Å². The second-order valence-corrected chi connectivity index (χ2v) is 5.01. The number of hydrogen-bond acceptors (Lipinski definition) is 4. The van der Waals surface area contributed by atoms with Gasteiger partial charge in [0.25, 0.3) is 0 Å². The van der Waals surface area contributed by atoms with Gasteiger partial charge in [0, 0.05) is 22.6 Å². The minimum Gasteiger partial charge on any atom is -0.261 e. The molecule has 0 aliphatic rings. The summed E-state index contributed by atoms with van der Waals surface area (Å²) in [6, 6.07) is 0. The van der Waals surface area contributed by atoms with E-state index in [0.717, 1.165) is 28.9 Å². The van der Waals surface area contributed by atoms with Gasteiger partial charge in [-0.1, -0.05) is 29.3 Å². The molecule has 0 amide bonds. The fourth-order valence-electron chi connectivity index (χ4n) is 1.44. The molecule has 0 saturated heterocycles. The Morgan fingerprint density at radius 3 is 2.88 bits per heavy atom. The van der Waals surface area contributed by atoms with Gasteiger partial charge in [0.05, 0.1) is 11.9 Å². The average molecular weight is 298 g/mol. The highest BCUT2D eigenvalue weighted by atomic mass is 79.9. The van der Waals surface area contributed by atoms with Crippen molar-refractivity contribution in [3.63, 3.8) is 0 Å². The molecule has 0 aliphatic heterocycles. The lowest BCUT2D eigenvalue weighted by Gasteiger charge is -1.94. The van der Waals surface area contributed by atoms with E-state index in [4.69, 9.17) is 0 Å². The summed E-state index contributed by atoms with van der Waals surface area (Å²) >= 11 is 5.19. The van der Waals surface area contributed by atoms with E-state index < -0.39 is 0 Å². The first kappa shape index (κ1) is 11.7. The molecule has 2 aromatic heterocycles. The molecule has 0 radical (unpaired) electrons. The van der Waals surface area contributed by atoms with Crippen molar-refractivity contribution in [2.45, 2.75) is 25.1 Å². The van der Waals surface area contributed by atoms with Gasteiger partial charge in [0.2, 0.25) is 0 Å². The molecule has 16 heavy (non-hydrogen) atoms. The van der Waals surface area contributed by atoms with Crippen molar-refractivity contribution in [2.24, 2.45) is 0 Å². The third-order valence-electron chi connectivity index (χ3n) is 2.17. The Morgan fingerprint density at radius 1 is 1.38 bits per heavy atom. The Bertz CT molecular complexity index is 456. The Balaban J connectivity index is 2.36. The van der Waals surface area contributed by atoms with Crippen molar-refractivity contribution < 1.29 is 0 Å². The summed E-state index contributed by atoms with van der Waals surface area (Å²) < 4.78 is 0. The lowest BCUT2D eigenvalue weighted by atomic mass is 10.2. The summed E-state index contributed by atoms with van der Waals surface area (Å²) in [6.07, 6.45) is 7.27. The molecule has 0 unspecified atom stereocenters. The summed E-state index contributed by atoms with van der Waals surface area (Å²) in [5.41, 5.74) is 2.04. The molecule has 0 N–H and O–H groups in total. The smallest absolute Gasteiger partial charge is 0.144 e. The number of halogens is 1. The van der Waals surface area contributed by atoms with E-state index in [-0.39, 0.29) is 0 Å². The first-order valence-corrected chi connectivity index (χ1v) is 7.10. The number of aryl methyl sites for hydroxylation is 1. The van der Waals surface area contributed by atoms with Crippen LogP contribution >= 0.6 is 27.3 Å². The molecule has 2 aromatic rings. The number of aromatic nitrogens is 3. The third-order valence-corrected chi connectivity index (χ3v) is 4.22. The molecule has 0 saturated carbocycles. The fourth-order valence-corrected chi connectivity index (χ4v) is 3.03. The zero-order chi connectivity index (χ0) is 11.4. The topological polar surface area (TPSA) is 38.7 Å². The molecule has 0 aromatic carbocycles. The maximum Gasteiger partial charge on any atom is 0.144 e. The maximum atomic E-state index is 4.63. The summed E-state index contributed by atoms with van der Waals surface area (Å²) in [6.45, 7) is 2.17. The van der Waals surface area contributed by atoms with E-state index in [1.54, 1.807) is 29.9 Å². The molecular formula is C11H12BrN3S. The van der Waals surface area contributed by atoms with Crippen LogP contribution in [-0.4, -0.2) is 15.0 Å². The number of rotatable bonds is 4. The van der Waals surface area contributed by atoms with Gasteiger partial charge in [-0.2, -0.15) is 0 Å². The summed E-state index contributed by atoms with van der Waals surface area (Å²) in [7, 11) is 0. The van der Waals surface area contributed by atoms with Crippen LogP contribution in [0.4, 0.5) is 0 Å². The minimum atomic E-state index is 0.858. The van der Waals surface area contributed by atoms with Gasteiger partial charge >= 0.3 is 0 Å². The van der Waals surface area contributed by atoms with Crippen LogP contribution in [0.15, 0.2) is 18.6 Å². The van der Waals surface area contributed by atoms with Crippen LogP contribution in [-0.2, 0) is 11.8 Å². The molecule has 84 valence electrons. The van der Waals surface area contributed by atoms with Gasteiger partial charge in [-0.3, -0.25) is 9.97 Å². The van der Waals surface area contributed by atoms with Crippen LogP contribution < -0.4 is 0 Å². The van der Waals surface area contributed by atoms with Crippen molar-refractivity contribution in [2.75, 3.05) is 0 Å². The molecule has 2 rings (SSSR count). The standard InChI is InChI=1S/C11H12BrN3S/c1-2-3-8-10(6-12)16-11(15-8)9-7-13-4-5-14-9/h4-5,7H,2-3,6H2,1H3. The number of nitrogens with zero attached hydrogens (tertiary/aromatic N) is 3. The number of hydrogen-bond donors (Lipinski definition) is 0. The van der Waals surface area contributed by atoms with E-state index in [1.165, 1.54) is 10.6 Å². The maximum absolute atomic E-state index is 4.63. The monoisotopic (exact) mass is 297 g/mol. The minimum absolute atomic E-state index is 0.858. The summed E-state index contributed by atoms with van der Waals surface area (Å²) in [5, 5.41) is 1.83. The average Bonchev–Trinajstić information content (AvgIpc) is 2.74. The zero-order valence-corrected chi connectivity index (χ0v) is 11.4. The van der Waals surface area contributed by atoms with Crippen LogP contribution in [0.3, 0.4) is 0 Å². The van der Waals surface area contributed by atoms with Crippen LogP contribution in [0.1, 0.15) is 23.9 Å². The Labute approximate surface area is 107 Å². The van der Waals surface area contributed by atoms with Crippen molar-refractivity contribution in [3.05, 3.63) is 29.2 Å². The van der Waals surface area contributed by atoms with E-state index in [9.17, 15) is 0 Å². The third kappa shape index (κ3) is 2.47. The first-order chi connectivity index (χ1) is 7.85.